The highest BCUT2D eigenvalue weighted by Crippen LogP contribution is 2.31. The zero-order valence-electron chi connectivity index (χ0n) is 9.87. The van der Waals surface area contributed by atoms with Gasteiger partial charge < -0.3 is 5.32 Å². The summed E-state index contributed by atoms with van der Waals surface area (Å²) in [6.45, 7) is 0. The molecule has 1 aromatic carbocycles. The van der Waals surface area contributed by atoms with Crippen molar-refractivity contribution in [3.8, 4) is 0 Å². The Labute approximate surface area is 120 Å². The van der Waals surface area contributed by atoms with Crippen LogP contribution in [-0.2, 0) is 6.18 Å². The van der Waals surface area contributed by atoms with Gasteiger partial charge in [-0.3, -0.25) is 5.43 Å². The first kappa shape index (κ1) is 14.5. The summed E-state index contributed by atoms with van der Waals surface area (Å²) in [5, 5.41) is 2.77. The van der Waals surface area contributed by atoms with Crippen LogP contribution >= 0.6 is 15.9 Å². The second kappa shape index (κ2) is 5.63. The molecule has 1 aromatic heterocycles. The Morgan fingerprint density at radius 3 is 2.45 bits per heavy atom. The SMILES string of the molecule is NNc1nc(Nc2ccccc2Br)cc(C(F)(F)F)n1. The molecule has 0 spiro atoms. The number of alkyl halides is 3. The topological polar surface area (TPSA) is 75.9 Å². The number of nitrogens with two attached hydrogens (primary N) is 1. The first-order chi connectivity index (χ1) is 9.40. The molecule has 1 heterocycles. The minimum atomic E-state index is -4.58. The van der Waals surface area contributed by atoms with Crippen LogP contribution in [0.1, 0.15) is 5.69 Å². The Morgan fingerprint density at radius 1 is 1.15 bits per heavy atom. The number of benzene rings is 1. The molecule has 0 saturated heterocycles. The average molecular weight is 348 g/mol. The molecule has 20 heavy (non-hydrogen) atoms. The number of rotatable bonds is 3. The summed E-state index contributed by atoms with van der Waals surface area (Å²) in [6, 6.07) is 7.76. The van der Waals surface area contributed by atoms with E-state index in [0.717, 1.165) is 6.07 Å². The van der Waals surface area contributed by atoms with E-state index < -0.39 is 11.9 Å². The number of hydrogen-bond acceptors (Lipinski definition) is 5. The molecule has 0 aliphatic rings. The third-order valence-corrected chi connectivity index (χ3v) is 2.97. The molecule has 0 saturated carbocycles. The molecule has 2 rings (SSSR count). The molecule has 5 nitrogen and oxygen atoms in total. The van der Waals surface area contributed by atoms with Crippen molar-refractivity contribution < 1.29 is 13.2 Å². The van der Waals surface area contributed by atoms with Crippen molar-refractivity contribution >= 4 is 33.4 Å². The molecule has 0 aliphatic carbocycles. The van der Waals surface area contributed by atoms with Gasteiger partial charge in [-0.15, -0.1) is 0 Å². The largest absolute Gasteiger partial charge is 0.433 e. The molecule has 4 N–H and O–H groups in total. The van der Waals surface area contributed by atoms with Gasteiger partial charge in [-0.05, 0) is 28.1 Å². The van der Waals surface area contributed by atoms with E-state index in [4.69, 9.17) is 5.84 Å². The summed E-state index contributed by atoms with van der Waals surface area (Å²) in [5.41, 5.74) is 1.49. The summed E-state index contributed by atoms with van der Waals surface area (Å²) in [6.07, 6.45) is -4.58. The fourth-order valence-corrected chi connectivity index (χ4v) is 1.81. The van der Waals surface area contributed by atoms with Crippen molar-refractivity contribution in [2.24, 2.45) is 5.84 Å². The minimum Gasteiger partial charge on any atom is -0.339 e. The van der Waals surface area contributed by atoms with Gasteiger partial charge in [0.15, 0.2) is 5.69 Å². The van der Waals surface area contributed by atoms with Crippen molar-refractivity contribution in [3.63, 3.8) is 0 Å². The van der Waals surface area contributed by atoms with E-state index in [9.17, 15) is 13.2 Å². The Kier molecular flexibility index (Phi) is 4.09. The van der Waals surface area contributed by atoms with Crippen molar-refractivity contribution in [3.05, 3.63) is 40.5 Å². The van der Waals surface area contributed by atoms with Gasteiger partial charge in [-0.2, -0.15) is 18.2 Å². The summed E-state index contributed by atoms with van der Waals surface area (Å²) in [7, 11) is 0. The van der Waals surface area contributed by atoms with E-state index >= 15 is 0 Å². The van der Waals surface area contributed by atoms with Crippen LogP contribution in [0.4, 0.5) is 30.6 Å². The Balaban J connectivity index is 2.39. The van der Waals surface area contributed by atoms with Crippen LogP contribution < -0.4 is 16.6 Å². The third kappa shape index (κ3) is 3.36. The van der Waals surface area contributed by atoms with Crippen molar-refractivity contribution in [1.29, 1.82) is 0 Å². The van der Waals surface area contributed by atoms with Crippen LogP contribution in [0.5, 0.6) is 0 Å². The second-order valence-corrected chi connectivity index (χ2v) is 4.56. The first-order valence-electron chi connectivity index (χ1n) is 5.34. The lowest BCUT2D eigenvalue weighted by molar-refractivity contribution is -0.141. The van der Waals surface area contributed by atoms with Gasteiger partial charge >= 0.3 is 6.18 Å². The predicted octanol–water partition coefficient (Wildman–Crippen LogP) is 3.29. The monoisotopic (exact) mass is 347 g/mol. The number of aromatic nitrogens is 2. The van der Waals surface area contributed by atoms with Gasteiger partial charge in [0.2, 0.25) is 5.95 Å². The van der Waals surface area contributed by atoms with Crippen LogP contribution in [-0.4, -0.2) is 9.97 Å². The maximum atomic E-state index is 12.7. The van der Waals surface area contributed by atoms with Gasteiger partial charge in [0.05, 0.1) is 5.69 Å². The number of para-hydroxylation sites is 1. The minimum absolute atomic E-state index is 0.0211. The van der Waals surface area contributed by atoms with Crippen LogP contribution in [0, 0.1) is 0 Å². The lowest BCUT2D eigenvalue weighted by Crippen LogP contribution is -2.16. The average Bonchev–Trinajstić information content (AvgIpc) is 2.40. The molecule has 9 heteroatoms. The number of hydrogen-bond donors (Lipinski definition) is 3. The van der Waals surface area contributed by atoms with E-state index in [0.29, 0.717) is 10.2 Å². The first-order valence-corrected chi connectivity index (χ1v) is 6.14. The van der Waals surface area contributed by atoms with Gasteiger partial charge in [-0.25, -0.2) is 10.8 Å². The lowest BCUT2D eigenvalue weighted by atomic mass is 10.3. The fraction of sp³-hybridized carbons (Fsp3) is 0.0909. The third-order valence-electron chi connectivity index (χ3n) is 2.28. The van der Waals surface area contributed by atoms with E-state index in [1.54, 1.807) is 24.3 Å². The van der Waals surface area contributed by atoms with Crippen LogP contribution in [0.3, 0.4) is 0 Å². The Morgan fingerprint density at radius 2 is 1.85 bits per heavy atom. The second-order valence-electron chi connectivity index (χ2n) is 3.71. The van der Waals surface area contributed by atoms with Crippen LogP contribution in [0.15, 0.2) is 34.8 Å². The molecule has 0 aliphatic heterocycles. The van der Waals surface area contributed by atoms with Gasteiger partial charge in [-0.1, -0.05) is 12.1 Å². The maximum absolute atomic E-state index is 12.7. The van der Waals surface area contributed by atoms with Crippen molar-refractivity contribution in [2.75, 3.05) is 10.7 Å². The molecule has 0 radical (unpaired) electrons. The number of nitrogen functional groups attached to an aromatic ring is 1. The molecule has 0 bridgehead atoms. The zero-order chi connectivity index (χ0) is 14.8. The molecule has 0 fully saturated rings. The summed E-state index contributed by atoms with van der Waals surface area (Å²) in [5.74, 6) is 4.73. The van der Waals surface area contributed by atoms with Gasteiger partial charge in [0, 0.05) is 10.5 Å². The zero-order valence-corrected chi connectivity index (χ0v) is 11.5. The number of halogens is 4. The maximum Gasteiger partial charge on any atom is 0.433 e. The van der Waals surface area contributed by atoms with Crippen LogP contribution in [0.25, 0.3) is 0 Å². The predicted molar refractivity (Wildman–Crippen MR) is 72.3 cm³/mol. The summed E-state index contributed by atoms with van der Waals surface area (Å²) >= 11 is 3.28. The standard InChI is InChI=1S/C11H9BrF3N5/c12-6-3-1-2-4-7(6)17-9-5-8(11(13,14)15)18-10(19-9)20-16/h1-5H,16H2,(H2,17,18,19,20). The molecule has 106 valence electrons. The molecule has 0 atom stereocenters. The van der Waals surface area contributed by atoms with E-state index in [-0.39, 0.29) is 11.8 Å². The molecule has 0 amide bonds. The number of nitrogens with zero attached hydrogens (tertiary/aromatic N) is 2. The summed E-state index contributed by atoms with van der Waals surface area (Å²) < 4.78 is 38.8. The van der Waals surface area contributed by atoms with E-state index in [2.05, 4.69) is 31.2 Å². The molecule has 2 aromatic rings. The van der Waals surface area contributed by atoms with Crippen molar-refractivity contribution in [1.82, 2.24) is 9.97 Å². The highest BCUT2D eigenvalue weighted by molar-refractivity contribution is 9.10. The number of nitrogens with one attached hydrogen (secondary N) is 2. The van der Waals surface area contributed by atoms with Gasteiger partial charge in [0.25, 0.3) is 0 Å². The van der Waals surface area contributed by atoms with Crippen LogP contribution in [0.2, 0.25) is 0 Å². The molecular formula is C11H9BrF3N5. The smallest absolute Gasteiger partial charge is 0.339 e. The summed E-state index contributed by atoms with van der Waals surface area (Å²) in [4.78, 5) is 7.09. The van der Waals surface area contributed by atoms with Gasteiger partial charge in [0.1, 0.15) is 5.82 Å². The van der Waals surface area contributed by atoms with Crippen molar-refractivity contribution in [2.45, 2.75) is 6.18 Å². The Hall–Kier alpha value is -1.87. The number of anilines is 3. The molecular weight excluding hydrogens is 339 g/mol. The quantitative estimate of drug-likeness (QED) is 0.586. The highest BCUT2D eigenvalue weighted by Gasteiger charge is 2.33. The lowest BCUT2D eigenvalue weighted by Gasteiger charge is -2.12. The fourth-order valence-electron chi connectivity index (χ4n) is 1.42. The van der Waals surface area contributed by atoms with E-state index in [1.807, 2.05) is 5.43 Å². The van der Waals surface area contributed by atoms with E-state index in [1.165, 1.54) is 0 Å². The highest BCUT2D eigenvalue weighted by atomic mass is 79.9. The number of hydrazine groups is 1. The molecule has 0 unspecified atom stereocenters. The Bertz CT molecular complexity index is 617. The normalized spacial score (nSPS) is 11.2.